The number of esters is 1. The second-order valence-corrected chi connectivity index (χ2v) is 7.97. The van der Waals surface area contributed by atoms with Crippen molar-refractivity contribution >= 4 is 19.3 Å². The van der Waals surface area contributed by atoms with E-state index in [1.54, 1.807) is 6.20 Å². The molecule has 0 aliphatic carbocycles. The minimum atomic E-state index is -0.585. The predicted molar refractivity (Wildman–Crippen MR) is 97.6 cm³/mol. The van der Waals surface area contributed by atoms with Crippen molar-refractivity contribution in [3.63, 3.8) is 0 Å². The Bertz CT molecular complexity index is 496. The van der Waals surface area contributed by atoms with E-state index in [4.69, 9.17) is 24.2 Å². The molecule has 0 aromatic rings. The summed E-state index contributed by atoms with van der Waals surface area (Å²) in [6, 6.07) is 0. The van der Waals surface area contributed by atoms with E-state index in [2.05, 4.69) is 5.32 Å². The summed E-state index contributed by atoms with van der Waals surface area (Å²) in [5.74, 6) is -0.388. The Labute approximate surface area is 151 Å². The van der Waals surface area contributed by atoms with E-state index >= 15 is 0 Å². The average Bonchev–Trinajstić information content (AvgIpc) is 2.64. The lowest BCUT2D eigenvalue weighted by molar-refractivity contribution is -0.160. The summed E-state index contributed by atoms with van der Waals surface area (Å²) < 4.78 is 22.2. The summed E-state index contributed by atoms with van der Waals surface area (Å²) in [4.78, 5) is 11.5. The molecule has 25 heavy (non-hydrogen) atoms. The van der Waals surface area contributed by atoms with Gasteiger partial charge in [-0.15, -0.1) is 0 Å². The fourth-order valence-electron chi connectivity index (χ4n) is 2.00. The number of allylic oxidation sites excluding steroid dienone is 1. The largest absolute Gasteiger partial charge is 0.497 e. The van der Waals surface area contributed by atoms with Crippen LogP contribution in [0.4, 0.5) is 0 Å². The van der Waals surface area contributed by atoms with Gasteiger partial charge in [0, 0.05) is 18.2 Å². The molecule has 7 nitrogen and oxygen atoms in total. The molecule has 1 aliphatic rings. The third-order valence-corrected chi connectivity index (χ3v) is 3.99. The van der Waals surface area contributed by atoms with Crippen molar-refractivity contribution < 1.29 is 23.6 Å². The first-order chi connectivity index (χ1) is 11.4. The van der Waals surface area contributed by atoms with Crippen LogP contribution >= 0.6 is 0 Å². The van der Waals surface area contributed by atoms with E-state index in [9.17, 15) is 4.79 Å². The highest BCUT2D eigenvalue weighted by Gasteiger charge is 2.52. The molecule has 142 valence electrons. The molecule has 8 heteroatoms. The van der Waals surface area contributed by atoms with Crippen LogP contribution in [0, 0.1) is 5.41 Å². The zero-order valence-electron chi connectivity index (χ0n) is 16.4. The van der Waals surface area contributed by atoms with Crippen LogP contribution in [0.25, 0.3) is 0 Å². The van der Waals surface area contributed by atoms with E-state index in [-0.39, 0.29) is 12.6 Å². The number of rotatable bonds is 8. The van der Waals surface area contributed by atoms with E-state index < -0.39 is 23.9 Å². The second kappa shape index (κ2) is 8.34. The minimum absolute atomic E-state index is 0.0860. The van der Waals surface area contributed by atoms with Crippen LogP contribution < -0.4 is 5.32 Å². The van der Waals surface area contributed by atoms with Gasteiger partial charge in [-0.2, -0.15) is 0 Å². The summed E-state index contributed by atoms with van der Waals surface area (Å²) in [7, 11) is -0.585. The van der Waals surface area contributed by atoms with Gasteiger partial charge in [-0.3, -0.25) is 0 Å². The monoisotopic (exact) mass is 354 g/mol. The molecule has 1 rings (SSSR count). The highest BCUT2D eigenvalue weighted by molar-refractivity contribution is 6.60. The minimum Gasteiger partial charge on any atom is -0.458 e. The summed E-state index contributed by atoms with van der Waals surface area (Å²) in [6.07, 6.45) is 2.88. The molecule has 0 radical (unpaired) electrons. The molecule has 1 aliphatic heterocycles. The van der Waals surface area contributed by atoms with Crippen molar-refractivity contribution in [2.75, 3.05) is 19.8 Å². The van der Waals surface area contributed by atoms with Crippen molar-refractivity contribution in [1.29, 1.82) is 5.41 Å². The number of ether oxygens (including phenoxy) is 2. The second-order valence-electron chi connectivity index (χ2n) is 7.97. The van der Waals surface area contributed by atoms with Gasteiger partial charge >= 0.3 is 13.1 Å². The van der Waals surface area contributed by atoms with Gasteiger partial charge in [0.15, 0.2) is 0 Å². The molecule has 0 atom stereocenters. The maximum atomic E-state index is 11.5. The van der Waals surface area contributed by atoms with Crippen LogP contribution in [-0.4, -0.2) is 55.9 Å². The fourth-order valence-corrected chi connectivity index (χ4v) is 2.00. The third kappa shape index (κ3) is 6.80. The van der Waals surface area contributed by atoms with Crippen molar-refractivity contribution in [1.82, 2.24) is 5.32 Å². The van der Waals surface area contributed by atoms with Gasteiger partial charge < -0.3 is 29.5 Å². The molecule has 0 spiro atoms. The van der Waals surface area contributed by atoms with E-state index in [1.165, 1.54) is 6.21 Å². The molecule has 1 fully saturated rings. The first kappa shape index (κ1) is 21.7. The van der Waals surface area contributed by atoms with Gasteiger partial charge in [0.05, 0.1) is 17.8 Å². The van der Waals surface area contributed by atoms with Crippen LogP contribution in [0.1, 0.15) is 48.5 Å². The molecule has 0 unspecified atom stereocenters. The average molecular weight is 354 g/mol. The molecule has 2 N–H and O–H groups in total. The Morgan fingerprint density at radius 3 is 2.24 bits per heavy atom. The molecule has 0 bridgehead atoms. The molecule has 1 heterocycles. The Hall–Kier alpha value is -1.38. The van der Waals surface area contributed by atoms with Crippen LogP contribution in [-0.2, 0) is 23.6 Å². The predicted octanol–water partition coefficient (Wildman–Crippen LogP) is 2.10. The Balaban J connectivity index is 2.35. The normalized spacial score (nSPS) is 19.6. The maximum absolute atomic E-state index is 11.5. The topological polar surface area (TPSA) is 89.9 Å². The zero-order chi connectivity index (χ0) is 19.3. The van der Waals surface area contributed by atoms with Gasteiger partial charge in [0.1, 0.15) is 12.2 Å². The van der Waals surface area contributed by atoms with E-state index in [1.807, 2.05) is 48.5 Å². The number of hydrogen-bond donors (Lipinski definition) is 2. The summed E-state index contributed by atoms with van der Waals surface area (Å²) in [6.45, 7) is 14.0. The molecule has 0 saturated carbocycles. The lowest BCUT2D eigenvalue weighted by atomic mass is 9.79. The SMILES string of the molecule is CC(C)(C)OC(=O)COCCN/C=C(\C=N)B1OC(C)(C)C(C)(C)O1. The van der Waals surface area contributed by atoms with Crippen LogP contribution in [0.3, 0.4) is 0 Å². The van der Waals surface area contributed by atoms with Gasteiger partial charge in [0.25, 0.3) is 0 Å². The number of hydrogen-bond acceptors (Lipinski definition) is 7. The van der Waals surface area contributed by atoms with Crippen LogP contribution in [0.5, 0.6) is 0 Å². The number of carbonyl (C=O) groups excluding carboxylic acids is 1. The lowest BCUT2D eigenvalue weighted by Crippen LogP contribution is -2.41. The maximum Gasteiger partial charge on any atom is 0.497 e. The highest BCUT2D eigenvalue weighted by atomic mass is 16.7. The van der Waals surface area contributed by atoms with Gasteiger partial charge in [0.2, 0.25) is 0 Å². The molecule has 1 saturated heterocycles. The van der Waals surface area contributed by atoms with Gasteiger partial charge in [-0.1, -0.05) is 0 Å². The number of carbonyl (C=O) groups is 1. The van der Waals surface area contributed by atoms with Gasteiger partial charge in [-0.05, 0) is 54.7 Å². The summed E-state index contributed by atoms with van der Waals surface area (Å²) in [5, 5.41) is 10.6. The Morgan fingerprint density at radius 1 is 1.20 bits per heavy atom. The molecular formula is C17H31BN2O5. The highest BCUT2D eigenvalue weighted by Crippen LogP contribution is 2.38. The Kier molecular flexibility index (Phi) is 7.23. The van der Waals surface area contributed by atoms with Crippen molar-refractivity contribution in [3.8, 4) is 0 Å². The van der Waals surface area contributed by atoms with Crippen molar-refractivity contribution in [2.45, 2.75) is 65.3 Å². The van der Waals surface area contributed by atoms with Crippen LogP contribution in [0.2, 0.25) is 0 Å². The smallest absolute Gasteiger partial charge is 0.458 e. The standard InChI is InChI=1S/C17H31BN2O5/c1-15(2,3)23-14(21)12-22-9-8-20-11-13(10-19)18-24-16(4,5)17(6,7)25-18/h10-11,19-20H,8-9,12H2,1-7H3/b13-11+,19-10?. The molecule has 0 amide bonds. The van der Waals surface area contributed by atoms with Crippen molar-refractivity contribution in [2.24, 2.45) is 0 Å². The fraction of sp³-hybridized carbons (Fsp3) is 0.765. The van der Waals surface area contributed by atoms with Gasteiger partial charge in [-0.25, -0.2) is 4.79 Å². The lowest BCUT2D eigenvalue weighted by Gasteiger charge is -2.32. The third-order valence-electron chi connectivity index (χ3n) is 3.99. The van der Waals surface area contributed by atoms with Crippen LogP contribution in [0.15, 0.2) is 11.7 Å². The molecular weight excluding hydrogens is 323 g/mol. The quantitative estimate of drug-likeness (QED) is 0.300. The summed E-state index contributed by atoms with van der Waals surface area (Å²) in [5.41, 5.74) is -0.818. The first-order valence-corrected chi connectivity index (χ1v) is 8.47. The Morgan fingerprint density at radius 2 is 1.76 bits per heavy atom. The van der Waals surface area contributed by atoms with Crippen molar-refractivity contribution in [3.05, 3.63) is 11.7 Å². The molecule has 0 aromatic carbocycles. The zero-order valence-corrected chi connectivity index (χ0v) is 16.4. The van der Waals surface area contributed by atoms with E-state index in [0.29, 0.717) is 18.6 Å². The number of nitrogens with one attached hydrogen (secondary N) is 2. The summed E-state index contributed by atoms with van der Waals surface area (Å²) >= 11 is 0. The molecule has 0 aromatic heterocycles. The first-order valence-electron chi connectivity index (χ1n) is 8.47. The van der Waals surface area contributed by atoms with E-state index in [0.717, 1.165) is 0 Å².